The summed E-state index contributed by atoms with van der Waals surface area (Å²) in [5, 5.41) is 22.9. The van der Waals surface area contributed by atoms with Crippen molar-refractivity contribution in [2.24, 2.45) is 0 Å². The van der Waals surface area contributed by atoms with Gasteiger partial charge in [-0.1, -0.05) is 0 Å². The summed E-state index contributed by atoms with van der Waals surface area (Å²) in [6.45, 7) is 8.86. The van der Waals surface area contributed by atoms with Gasteiger partial charge in [-0.15, -0.1) is 0 Å². The van der Waals surface area contributed by atoms with E-state index in [2.05, 4.69) is 49.2 Å². The van der Waals surface area contributed by atoms with E-state index in [0.29, 0.717) is 12.4 Å². The van der Waals surface area contributed by atoms with Crippen molar-refractivity contribution in [2.75, 3.05) is 12.4 Å². The molecule has 3 aromatic heterocycles. The number of hydrogen-bond donors (Lipinski definition) is 2. The van der Waals surface area contributed by atoms with Gasteiger partial charge in [0.15, 0.2) is 5.82 Å². The third-order valence-electron chi connectivity index (χ3n) is 7.29. The molecule has 0 spiro atoms. The zero-order valence-corrected chi connectivity index (χ0v) is 21.2. The lowest BCUT2D eigenvalue weighted by Crippen LogP contribution is -2.45. The normalized spacial score (nSPS) is 21.4. The first-order chi connectivity index (χ1) is 16.6. The molecule has 2 atom stereocenters. The van der Waals surface area contributed by atoms with Crippen LogP contribution in [0.25, 0.3) is 5.52 Å². The van der Waals surface area contributed by atoms with E-state index in [0.717, 1.165) is 54.8 Å². The van der Waals surface area contributed by atoms with Gasteiger partial charge in [0.05, 0.1) is 23.5 Å². The van der Waals surface area contributed by atoms with Gasteiger partial charge in [0, 0.05) is 43.1 Å². The number of fused-ring (bicyclic) bond motifs is 1. The van der Waals surface area contributed by atoms with Gasteiger partial charge < -0.3 is 15.2 Å². The summed E-state index contributed by atoms with van der Waals surface area (Å²) in [6.07, 6.45) is 7.25. The fraction of sp³-hybridized carbons (Fsp3) is 0.600. The number of methoxy groups -OCH3 is 1. The molecule has 188 valence electrons. The van der Waals surface area contributed by atoms with Crippen molar-refractivity contribution >= 4 is 23.2 Å². The average Bonchev–Trinajstić information content (AvgIpc) is 3.18. The number of nitrogens with zero attached hydrogens (tertiary/aromatic N) is 6. The number of amides is 1. The van der Waals surface area contributed by atoms with Crippen molar-refractivity contribution in [3.8, 4) is 0 Å². The number of anilines is 2. The zero-order chi connectivity index (χ0) is 25.0. The second-order valence-corrected chi connectivity index (χ2v) is 11.1. The lowest BCUT2D eigenvalue weighted by molar-refractivity contribution is 0.0955. The first-order valence-electron chi connectivity index (χ1n) is 12.3. The molecule has 0 aliphatic heterocycles. The first-order valence-corrected chi connectivity index (χ1v) is 12.3. The van der Waals surface area contributed by atoms with E-state index in [4.69, 9.17) is 9.84 Å². The van der Waals surface area contributed by atoms with Crippen LogP contribution in [0.3, 0.4) is 0 Å². The topological polar surface area (TPSA) is 110 Å². The van der Waals surface area contributed by atoms with E-state index in [-0.39, 0.29) is 23.0 Å². The highest BCUT2D eigenvalue weighted by atomic mass is 16.5. The summed E-state index contributed by atoms with van der Waals surface area (Å²) in [5.74, 6) is 1.78. The van der Waals surface area contributed by atoms with Crippen molar-refractivity contribution in [2.45, 2.75) is 89.4 Å². The summed E-state index contributed by atoms with van der Waals surface area (Å²) in [5.41, 5.74) is 2.24. The fourth-order valence-electron chi connectivity index (χ4n) is 5.32. The Bertz CT molecular complexity index is 1240. The maximum atomic E-state index is 12.0. The van der Waals surface area contributed by atoms with Crippen LogP contribution in [0.4, 0.5) is 16.4 Å². The highest BCUT2D eigenvalue weighted by Crippen LogP contribution is 2.47. The SMILES string of the molecule is COCc1cc2c(Nc3cc([C@H]4CC[C@@H](N(C(=O)O)C5(C)CC5)C4)nn3C(C)(C)C)nccn2n1. The Labute approximate surface area is 205 Å². The van der Waals surface area contributed by atoms with Crippen LogP contribution in [0.1, 0.15) is 77.1 Å². The summed E-state index contributed by atoms with van der Waals surface area (Å²) >= 11 is 0. The number of nitrogens with one attached hydrogen (secondary N) is 1. The van der Waals surface area contributed by atoms with Crippen molar-refractivity contribution < 1.29 is 14.6 Å². The van der Waals surface area contributed by atoms with Crippen LogP contribution >= 0.6 is 0 Å². The number of hydrogen-bond acceptors (Lipinski definition) is 6. The van der Waals surface area contributed by atoms with Crippen LogP contribution in [0.5, 0.6) is 0 Å². The molecule has 2 aliphatic rings. The third-order valence-corrected chi connectivity index (χ3v) is 7.29. The molecule has 0 saturated heterocycles. The minimum Gasteiger partial charge on any atom is -0.465 e. The van der Waals surface area contributed by atoms with E-state index in [9.17, 15) is 9.90 Å². The van der Waals surface area contributed by atoms with Crippen LogP contribution < -0.4 is 5.32 Å². The van der Waals surface area contributed by atoms with E-state index in [1.165, 1.54) is 0 Å². The van der Waals surface area contributed by atoms with Crippen molar-refractivity contribution in [1.82, 2.24) is 29.3 Å². The van der Waals surface area contributed by atoms with Crippen LogP contribution in [-0.4, -0.2) is 59.2 Å². The van der Waals surface area contributed by atoms with Gasteiger partial charge in [-0.25, -0.2) is 19.0 Å². The highest BCUT2D eigenvalue weighted by Gasteiger charge is 2.50. The smallest absolute Gasteiger partial charge is 0.408 e. The minimum atomic E-state index is -0.800. The molecule has 0 unspecified atom stereocenters. The number of carboxylic acid groups (broad SMARTS) is 1. The summed E-state index contributed by atoms with van der Waals surface area (Å²) < 4.78 is 9.03. The number of rotatable bonds is 7. The standard InChI is InChI=1S/C25H35N7O3/c1-24(2,3)32-21(27-22-20-13-17(15-35-5)28-30(20)11-10-26-22)14-19(29-32)16-6-7-18(12-16)31(23(33)34)25(4)8-9-25/h10-11,13-14,16,18H,6-9,12,15H2,1-5H3,(H,26,27)(H,33,34)/t16-,18+/m0/s1. The number of carbonyl (C=O) groups is 1. The molecule has 0 bridgehead atoms. The molecule has 2 saturated carbocycles. The Hall–Kier alpha value is -3.14. The van der Waals surface area contributed by atoms with Crippen molar-refractivity contribution in [1.29, 1.82) is 0 Å². The van der Waals surface area contributed by atoms with Gasteiger partial charge in [-0.3, -0.25) is 4.90 Å². The van der Waals surface area contributed by atoms with Crippen LogP contribution in [0, 0.1) is 0 Å². The van der Waals surface area contributed by atoms with E-state index in [1.807, 2.05) is 16.9 Å². The Morgan fingerprint density at radius 2 is 2.06 bits per heavy atom. The van der Waals surface area contributed by atoms with Gasteiger partial charge in [-0.2, -0.15) is 10.2 Å². The molecule has 1 amide bonds. The summed E-state index contributed by atoms with van der Waals surface area (Å²) in [4.78, 5) is 18.3. The van der Waals surface area contributed by atoms with Crippen LogP contribution in [-0.2, 0) is 16.9 Å². The van der Waals surface area contributed by atoms with Crippen molar-refractivity contribution in [3.05, 3.63) is 35.9 Å². The predicted molar refractivity (Wildman–Crippen MR) is 132 cm³/mol. The minimum absolute atomic E-state index is 0.0441. The summed E-state index contributed by atoms with van der Waals surface area (Å²) in [6, 6.07) is 4.11. The maximum Gasteiger partial charge on any atom is 0.408 e. The molecule has 2 aliphatic carbocycles. The Balaban J connectivity index is 1.43. The van der Waals surface area contributed by atoms with Gasteiger partial charge in [0.1, 0.15) is 11.3 Å². The highest BCUT2D eigenvalue weighted by molar-refractivity contribution is 5.72. The lowest BCUT2D eigenvalue weighted by atomic mass is 10.0. The molecule has 0 aromatic carbocycles. The molecule has 3 heterocycles. The average molecular weight is 482 g/mol. The predicted octanol–water partition coefficient (Wildman–Crippen LogP) is 4.74. The molecular weight excluding hydrogens is 446 g/mol. The molecule has 2 fully saturated rings. The molecule has 35 heavy (non-hydrogen) atoms. The van der Waals surface area contributed by atoms with Crippen LogP contribution in [0.2, 0.25) is 0 Å². The molecule has 10 nitrogen and oxygen atoms in total. The largest absolute Gasteiger partial charge is 0.465 e. The number of aromatic nitrogens is 5. The molecule has 0 radical (unpaired) electrons. The van der Waals surface area contributed by atoms with Gasteiger partial charge >= 0.3 is 6.09 Å². The van der Waals surface area contributed by atoms with E-state index >= 15 is 0 Å². The quantitative estimate of drug-likeness (QED) is 0.501. The summed E-state index contributed by atoms with van der Waals surface area (Å²) in [7, 11) is 1.65. The van der Waals surface area contributed by atoms with Gasteiger partial charge in [0.25, 0.3) is 0 Å². The maximum absolute atomic E-state index is 12.0. The molecular formula is C25H35N7O3. The fourth-order valence-corrected chi connectivity index (χ4v) is 5.32. The lowest BCUT2D eigenvalue weighted by Gasteiger charge is -2.32. The Morgan fingerprint density at radius 3 is 2.71 bits per heavy atom. The Kier molecular flexibility index (Phi) is 5.74. The van der Waals surface area contributed by atoms with Gasteiger partial charge in [-0.05, 0) is 65.9 Å². The molecule has 5 rings (SSSR count). The molecule has 10 heteroatoms. The monoisotopic (exact) mass is 481 g/mol. The van der Waals surface area contributed by atoms with E-state index in [1.54, 1.807) is 22.7 Å². The molecule has 3 aromatic rings. The van der Waals surface area contributed by atoms with E-state index < -0.39 is 6.09 Å². The van der Waals surface area contributed by atoms with Gasteiger partial charge in [0.2, 0.25) is 0 Å². The van der Waals surface area contributed by atoms with Crippen LogP contribution in [0.15, 0.2) is 24.5 Å². The second-order valence-electron chi connectivity index (χ2n) is 11.1. The number of ether oxygens (including phenoxy) is 1. The second kappa shape index (κ2) is 8.51. The molecule has 2 N–H and O–H groups in total. The Morgan fingerprint density at radius 1 is 1.29 bits per heavy atom. The zero-order valence-electron chi connectivity index (χ0n) is 21.2. The first kappa shape index (κ1) is 23.6. The third kappa shape index (κ3) is 4.47. The van der Waals surface area contributed by atoms with Crippen molar-refractivity contribution in [3.63, 3.8) is 0 Å².